The van der Waals surface area contributed by atoms with Gasteiger partial charge in [-0.3, -0.25) is 4.68 Å². The molecule has 14 heavy (non-hydrogen) atoms. The lowest BCUT2D eigenvalue weighted by atomic mass is 10.2. The zero-order valence-electron chi connectivity index (χ0n) is 7.41. The molecule has 0 saturated heterocycles. The zero-order valence-corrected chi connectivity index (χ0v) is 8.99. The Morgan fingerprint density at radius 2 is 2.21 bits per heavy atom. The molecule has 1 aromatic heterocycles. The number of benzene rings is 1. The van der Waals surface area contributed by atoms with E-state index in [9.17, 15) is 4.39 Å². The summed E-state index contributed by atoms with van der Waals surface area (Å²) >= 11 is 3.11. The minimum absolute atomic E-state index is 0.287. The molecule has 0 spiro atoms. The van der Waals surface area contributed by atoms with Crippen LogP contribution in [-0.4, -0.2) is 14.8 Å². The fourth-order valence-electron chi connectivity index (χ4n) is 1.11. The van der Waals surface area contributed by atoms with Gasteiger partial charge in [-0.25, -0.2) is 9.37 Å². The third-order valence-corrected chi connectivity index (χ3v) is 2.39. The third kappa shape index (κ3) is 1.68. The number of halogens is 2. The van der Waals surface area contributed by atoms with E-state index in [1.807, 2.05) is 0 Å². The van der Waals surface area contributed by atoms with Gasteiger partial charge in [-0.1, -0.05) is 0 Å². The molecule has 0 fully saturated rings. The SMILES string of the molecule is Cn1cnc(-c2ccc(F)c(Br)c2)n1. The molecule has 1 aromatic carbocycles. The largest absolute Gasteiger partial charge is 0.255 e. The quantitative estimate of drug-likeness (QED) is 0.784. The Hall–Kier alpha value is -1.23. The summed E-state index contributed by atoms with van der Waals surface area (Å²) in [5.41, 5.74) is 0.791. The first-order valence-corrected chi connectivity index (χ1v) is 4.77. The summed E-state index contributed by atoms with van der Waals surface area (Å²) in [5.74, 6) is 0.304. The summed E-state index contributed by atoms with van der Waals surface area (Å²) in [6, 6.07) is 4.69. The molecule has 1 heterocycles. The Morgan fingerprint density at radius 1 is 1.43 bits per heavy atom. The molecule has 0 aliphatic heterocycles. The van der Waals surface area contributed by atoms with Crippen LogP contribution < -0.4 is 0 Å². The van der Waals surface area contributed by atoms with Crippen molar-refractivity contribution in [2.24, 2.45) is 7.05 Å². The number of hydrogen-bond donors (Lipinski definition) is 0. The van der Waals surface area contributed by atoms with Crippen LogP contribution in [0.5, 0.6) is 0 Å². The van der Waals surface area contributed by atoms with Crippen molar-refractivity contribution >= 4 is 15.9 Å². The molecule has 0 unspecified atom stereocenters. The fraction of sp³-hybridized carbons (Fsp3) is 0.111. The first-order valence-electron chi connectivity index (χ1n) is 3.98. The minimum atomic E-state index is -0.287. The summed E-state index contributed by atoms with van der Waals surface area (Å²) in [4.78, 5) is 4.07. The van der Waals surface area contributed by atoms with E-state index in [4.69, 9.17) is 0 Å². The fourth-order valence-corrected chi connectivity index (χ4v) is 1.49. The van der Waals surface area contributed by atoms with Crippen LogP contribution in [0.3, 0.4) is 0 Å². The Balaban J connectivity index is 2.47. The van der Waals surface area contributed by atoms with E-state index in [-0.39, 0.29) is 5.82 Å². The molecule has 2 aromatic rings. The first-order chi connectivity index (χ1) is 6.66. The monoisotopic (exact) mass is 255 g/mol. The van der Waals surface area contributed by atoms with E-state index >= 15 is 0 Å². The van der Waals surface area contributed by atoms with Gasteiger partial charge in [0.2, 0.25) is 0 Å². The number of hydrogen-bond acceptors (Lipinski definition) is 2. The van der Waals surface area contributed by atoms with Crippen LogP contribution in [0.15, 0.2) is 29.0 Å². The van der Waals surface area contributed by atoms with Crippen molar-refractivity contribution in [2.45, 2.75) is 0 Å². The average Bonchev–Trinajstić information content (AvgIpc) is 2.57. The predicted molar refractivity (Wildman–Crippen MR) is 54.1 cm³/mol. The second kappa shape index (κ2) is 3.49. The number of nitrogens with zero attached hydrogens (tertiary/aromatic N) is 3. The van der Waals surface area contributed by atoms with Crippen molar-refractivity contribution < 1.29 is 4.39 Å². The van der Waals surface area contributed by atoms with E-state index in [1.54, 1.807) is 30.2 Å². The summed E-state index contributed by atoms with van der Waals surface area (Å²) in [6.07, 6.45) is 1.60. The smallest absolute Gasteiger partial charge is 0.181 e. The van der Waals surface area contributed by atoms with Gasteiger partial charge in [0, 0.05) is 12.6 Å². The van der Waals surface area contributed by atoms with Crippen LogP contribution in [0, 0.1) is 5.82 Å². The van der Waals surface area contributed by atoms with Crippen molar-refractivity contribution in [3.05, 3.63) is 34.8 Å². The lowest BCUT2D eigenvalue weighted by Crippen LogP contribution is -1.88. The summed E-state index contributed by atoms with van der Waals surface area (Å²) < 4.78 is 14.9. The van der Waals surface area contributed by atoms with Gasteiger partial charge in [-0.05, 0) is 34.1 Å². The number of rotatable bonds is 1. The third-order valence-electron chi connectivity index (χ3n) is 1.78. The molecule has 0 bridgehead atoms. The molecule has 0 saturated carbocycles. The zero-order chi connectivity index (χ0) is 10.1. The molecule has 2 rings (SSSR count). The van der Waals surface area contributed by atoms with Crippen molar-refractivity contribution in [1.82, 2.24) is 14.8 Å². The predicted octanol–water partition coefficient (Wildman–Crippen LogP) is 2.38. The van der Waals surface area contributed by atoms with Gasteiger partial charge >= 0.3 is 0 Å². The average molecular weight is 256 g/mol. The van der Waals surface area contributed by atoms with Gasteiger partial charge < -0.3 is 0 Å². The normalized spacial score (nSPS) is 10.5. The second-order valence-electron chi connectivity index (χ2n) is 2.87. The van der Waals surface area contributed by atoms with Gasteiger partial charge in [-0.15, -0.1) is 0 Å². The van der Waals surface area contributed by atoms with E-state index in [1.165, 1.54) is 6.07 Å². The molecule has 3 nitrogen and oxygen atoms in total. The Kier molecular flexibility index (Phi) is 2.33. The van der Waals surface area contributed by atoms with Gasteiger partial charge in [-0.2, -0.15) is 5.10 Å². The maximum absolute atomic E-state index is 12.9. The topological polar surface area (TPSA) is 30.7 Å². The molecule has 0 amide bonds. The van der Waals surface area contributed by atoms with Gasteiger partial charge in [0.25, 0.3) is 0 Å². The van der Waals surface area contributed by atoms with Crippen LogP contribution >= 0.6 is 15.9 Å². The van der Waals surface area contributed by atoms with E-state index in [2.05, 4.69) is 26.0 Å². The second-order valence-corrected chi connectivity index (χ2v) is 3.73. The van der Waals surface area contributed by atoms with E-state index < -0.39 is 0 Å². The van der Waals surface area contributed by atoms with Gasteiger partial charge in [0.1, 0.15) is 12.1 Å². The van der Waals surface area contributed by atoms with Crippen molar-refractivity contribution in [2.75, 3.05) is 0 Å². The highest BCUT2D eigenvalue weighted by Crippen LogP contribution is 2.22. The lowest BCUT2D eigenvalue weighted by molar-refractivity contribution is 0.621. The molecule has 0 N–H and O–H groups in total. The molecule has 0 atom stereocenters. The minimum Gasteiger partial charge on any atom is -0.255 e. The lowest BCUT2D eigenvalue weighted by Gasteiger charge is -1.97. The molecule has 0 radical (unpaired) electrons. The van der Waals surface area contributed by atoms with Crippen LogP contribution in [0.4, 0.5) is 4.39 Å². The van der Waals surface area contributed by atoms with Crippen LogP contribution in [-0.2, 0) is 7.05 Å². The number of aryl methyl sites for hydroxylation is 1. The van der Waals surface area contributed by atoms with E-state index in [0.29, 0.717) is 10.3 Å². The van der Waals surface area contributed by atoms with Gasteiger partial charge in [0.15, 0.2) is 5.82 Å². The molecule has 5 heteroatoms. The van der Waals surface area contributed by atoms with Crippen molar-refractivity contribution in [3.63, 3.8) is 0 Å². The maximum atomic E-state index is 12.9. The number of aromatic nitrogens is 3. The summed E-state index contributed by atoms with van der Waals surface area (Å²) in [7, 11) is 1.79. The molecule has 0 aliphatic rings. The Bertz CT molecular complexity index is 467. The Morgan fingerprint density at radius 3 is 2.79 bits per heavy atom. The Labute approximate surface area is 88.7 Å². The van der Waals surface area contributed by atoms with Crippen LogP contribution in [0.1, 0.15) is 0 Å². The van der Waals surface area contributed by atoms with Crippen molar-refractivity contribution in [1.29, 1.82) is 0 Å². The van der Waals surface area contributed by atoms with E-state index in [0.717, 1.165) is 5.56 Å². The van der Waals surface area contributed by atoms with Crippen LogP contribution in [0.25, 0.3) is 11.4 Å². The molecular weight excluding hydrogens is 249 g/mol. The standard InChI is InChI=1S/C9H7BrFN3/c1-14-5-12-9(13-14)6-2-3-8(11)7(10)4-6/h2-5H,1H3. The van der Waals surface area contributed by atoms with Gasteiger partial charge in [0.05, 0.1) is 4.47 Å². The first kappa shape index (κ1) is 9.33. The highest BCUT2D eigenvalue weighted by atomic mass is 79.9. The molecule has 0 aliphatic carbocycles. The molecule has 72 valence electrons. The van der Waals surface area contributed by atoms with Crippen LogP contribution in [0.2, 0.25) is 0 Å². The highest BCUT2D eigenvalue weighted by molar-refractivity contribution is 9.10. The maximum Gasteiger partial charge on any atom is 0.181 e. The highest BCUT2D eigenvalue weighted by Gasteiger charge is 2.05. The molecular formula is C9H7BrFN3. The summed E-state index contributed by atoms with van der Waals surface area (Å²) in [6.45, 7) is 0. The summed E-state index contributed by atoms with van der Waals surface area (Å²) in [5, 5.41) is 4.11. The van der Waals surface area contributed by atoms with Crippen molar-refractivity contribution in [3.8, 4) is 11.4 Å².